The summed E-state index contributed by atoms with van der Waals surface area (Å²) < 4.78 is 7.74. The summed E-state index contributed by atoms with van der Waals surface area (Å²) in [6, 6.07) is 21.6. The van der Waals surface area contributed by atoms with E-state index in [4.69, 9.17) is 9.40 Å². The van der Waals surface area contributed by atoms with Gasteiger partial charge >= 0.3 is 0 Å². The van der Waals surface area contributed by atoms with Crippen LogP contribution in [0, 0.1) is 13.8 Å². The molecule has 0 N–H and O–H groups in total. The Morgan fingerprint density at radius 2 is 1.58 bits per heavy atom. The van der Waals surface area contributed by atoms with Crippen molar-refractivity contribution >= 4 is 43.4 Å². The van der Waals surface area contributed by atoms with Crippen molar-refractivity contribution in [1.82, 2.24) is 4.98 Å². The van der Waals surface area contributed by atoms with E-state index in [1.54, 1.807) is 11.3 Å². The first-order valence-electron chi connectivity index (χ1n) is 11.4. The van der Waals surface area contributed by atoms with E-state index in [1.807, 2.05) is 0 Å². The molecule has 0 aliphatic rings. The maximum atomic E-state index is 6.53. The molecule has 0 amide bonds. The average Bonchev–Trinajstić information content (AvgIpc) is 3.43. The summed E-state index contributed by atoms with van der Waals surface area (Å²) in [6.45, 7) is 8.87. The number of fused-ring (bicyclic) bond motifs is 5. The summed E-state index contributed by atoms with van der Waals surface area (Å²) in [7, 11) is 0. The normalized spacial score (nSPS) is 11.9. The highest BCUT2D eigenvalue weighted by atomic mass is 32.1. The minimum atomic E-state index is 0.376. The summed E-state index contributed by atoms with van der Waals surface area (Å²) in [4.78, 5) is 4.97. The zero-order valence-electron chi connectivity index (χ0n) is 19.3. The molecular weight excluding hydrogens is 422 g/mol. The van der Waals surface area contributed by atoms with Gasteiger partial charge in [0.2, 0.25) is 0 Å². The van der Waals surface area contributed by atoms with Crippen molar-refractivity contribution in [3.8, 4) is 22.4 Å². The van der Waals surface area contributed by atoms with Gasteiger partial charge in [-0.05, 0) is 77.1 Å². The summed E-state index contributed by atoms with van der Waals surface area (Å²) in [5.41, 5.74) is 10.3. The highest BCUT2D eigenvalue weighted by Crippen LogP contribution is 2.41. The number of thiophene rings is 1. The topological polar surface area (TPSA) is 26.0 Å². The zero-order valence-corrected chi connectivity index (χ0v) is 20.1. The number of para-hydroxylation sites is 1. The second kappa shape index (κ2) is 7.57. The molecule has 3 heterocycles. The Hall–Kier alpha value is -3.43. The Kier molecular flexibility index (Phi) is 4.63. The van der Waals surface area contributed by atoms with Crippen LogP contribution in [0.5, 0.6) is 0 Å². The van der Waals surface area contributed by atoms with Gasteiger partial charge in [0.1, 0.15) is 5.58 Å². The molecule has 0 fully saturated rings. The lowest BCUT2D eigenvalue weighted by molar-refractivity contribution is 0.674. The third-order valence-corrected chi connectivity index (χ3v) is 7.60. The smallest absolute Gasteiger partial charge is 0.153 e. The third-order valence-electron chi connectivity index (χ3n) is 6.67. The first-order chi connectivity index (χ1) is 16.0. The monoisotopic (exact) mass is 447 g/mol. The summed E-state index contributed by atoms with van der Waals surface area (Å²) >= 11 is 1.73. The van der Waals surface area contributed by atoms with E-state index in [2.05, 4.69) is 99.9 Å². The van der Waals surface area contributed by atoms with Crippen molar-refractivity contribution in [3.05, 3.63) is 88.9 Å². The first kappa shape index (κ1) is 20.2. The van der Waals surface area contributed by atoms with E-state index in [1.165, 1.54) is 37.9 Å². The summed E-state index contributed by atoms with van der Waals surface area (Å²) in [5, 5.41) is 5.66. The van der Waals surface area contributed by atoms with Crippen LogP contribution in [0.2, 0.25) is 0 Å². The zero-order chi connectivity index (χ0) is 22.7. The molecule has 0 aliphatic heterocycles. The van der Waals surface area contributed by atoms with Gasteiger partial charge in [-0.1, -0.05) is 50.2 Å². The van der Waals surface area contributed by atoms with Crippen LogP contribution in [0.25, 0.3) is 54.4 Å². The van der Waals surface area contributed by atoms with Crippen LogP contribution in [-0.4, -0.2) is 4.98 Å². The van der Waals surface area contributed by atoms with E-state index in [0.29, 0.717) is 5.92 Å². The lowest BCUT2D eigenvalue weighted by Crippen LogP contribution is -1.99. The van der Waals surface area contributed by atoms with Crippen LogP contribution >= 0.6 is 11.3 Å². The molecule has 0 saturated carbocycles. The van der Waals surface area contributed by atoms with E-state index in [-0.39, 0.29) is 0 Å². The van der Waals surface area contributed by atoms with Crippen LogP contribution in [0.1, 0.15) is 36.5 Å². The minimum Gasteiger partial charge on any atom is -0.454 e. The molecule has 3 aromatic carbocycles. The fourth-order valence-electron chi connectivity index (χ4n) is 5.03. The van der Waals surface area contributed by atoms with Crippen molar-refractivity contribution in [3.63, 3.8) is 0 Å². The van der Waals surface area contributed by atoms with Gasteiger partial charge in [0, 0.05) is 28.1 Å². The van der Waals surface area contributed by atoms with Crippen molar-refractivity contribution in [2.24, 2.45) is 0 Å². The van der Waals surface area contributed by atoms with Crippen molar-refractivity contribution in [1.29, 1.82) is 0 Å². The predicted molar refractivity (Wildman–Crippen MR) is 141 cm³/mol. The number of aryl methyl sites for hydroxylation is 2. The SMILES string of the molecule is Cc1cccc(C)c1-c1cnc(-c2cccc3c2oc2c3ccc3ccsc32)cc1C(C)C. The molecule has 162 valence electrons. The third kappa shape index (κ3) is 3.11. The largest absolute Gasteiger partial charge is 0.454 e. The molecule has 6 aromatic rings. The van der Waals surface area contributed by atoms with Gasteiger partial charge in [0.25, 0.3) is 0 Å². The van der Waals surface area contributed by atoms with Crippen LogP contribution in [0.15, 0.2) is 76.7 Å². The Morgan fingerprint density at radius 3 is 2.36 bits per heavy atom. The molecule has 0 radical (unpaired) electrons. The highest BCUT2D eigenvalue weighted by molar-refractivity contribution is 7.18. The predicted octanol–water partition coefficient (Wildman–Crippen LogP) is 9.27. The van der Waals surface area contributed by atoms with E-state index >= 15 is 0 Å². The quantitative estimate of drug-likeness (QED) is 0.270. The molecule has 0 saturated heterocycles. The molecular formula is C30H25NOS. The number of pyridine rings is 1. The van der Waals surface area contributed by atoms with E-state index in [9.17, 15) is 0 Å². The molecule has 6 rings (SSSR count). The number of rotatable bonds is 3. The number of hydrogen-bond donors (Lipinski definition) is 0. The second-order valence-electron chi connectivity index (χ2n) is 9.14. The molecule has 0 atom stereocenters. The van der Waals surface area contributed by atoms with Gasteiger partial charge in [0.05, 0.1) is 10.4 Å². The lowest BCUT2D eigenvalue weighted by Gasteiger charge is -2.18. The lowest BCUT2D eigenvalue weighted by atomic mass is 9.88. The van der Waals surface area contributed by atoms with Gasteiger partial charge in [-0.3, -0.25) is 4.98 Å². The van der Waals surface area contributed by atoms with Gasteiger partial charge in [-0.25, -0.2) is 0 Å². The first-order valence-corrected chi connectivity index (χ1v) is 12.3. The number of aromatic nitrogens is 1. The van der Waals surface area contributed by atoms with Gasteiger partial charge < -0.3 is 4.42 Å². The Labute approximate surface area is 197 Å². The maximum absolute atomic E-state index is 6.53. The number of furan rings is 1. The summed E-state index contributed by atoms with van der Waals surface area (Å²) in [6.07, 6.45) is 2.05. The van der Waals surface area contributed by atoms with Crippen LogP contribution in [0.4, 0.5) is 0 Å². The van der Waals surface area contributed by atoms with Crippen LogP contribution < -0.4 is 0 Å². The fourth-order valence-corrected chi connectivity index (χ4v) is 5.91. The number of benzene rings is 3. The van der Waals surface area contributed by atoms with Gasteiger partial charge in [0.15, 0.2) is 5.58 Å². The highest BCUT2D eigenvalue weighted by Gasteiger charge is 2.19. The Balaban J connectivity index is 1.60. The van der Waals surface area contributed by atoms with Crippen molar-refractivity contribution in [2.75, 3.05) is 0 Å². The van der Waals surface area contributed by atoms with E-state index in [0.717, 1.165) is 33.2 Å². The van der Waals surface area contributed by atoms with Crippen molar-refractivity contribution in [2.45, 2.75) is 33.6 Å². The molecule has 3 heteroatoms. The molecule has 0 spiro atoms. The molecule has 33 heavy (non-hydrogen) atoms. The molecule has 0 bridgehead atoms. The van der Waals surface area contributed by atoms with Crippen molar-refractivity contribution < 1.29 is 4.42 Å². The Bertz CT molecular complexity index is 1650. The Morgan fingerprint density at radius 1 is 0.818 bits per heavy atom. The molecule has 3 aromatic heterocycles. The molecule has 0 unspecified atom stereocenters. The molecule has 2 nitrogen and oxygen atoms in total. The average molecular weight is 448 g/mol. The fraction of sp³-hybridized carbons (Fsp3) is 0.167. The number of hydrogen-bond acceptors (Lipinski definition) is 3. The van der Waals surface area contributed by atoms with Gasteiger partial charge in [-0.2, -0.15) is 0 Å². The van der Waals surface area contributed by atoms with Crippen LogP contribution in [0.3, 0.4) is 0 Å². The minimum absolute atomic E-state index is 0.376. The molecule has 0 aliphatic carbocycles. The van der Waals surface area contributed by atoms with Gasteiger partial charge in [-0.15, -0.1) is 11.3 Å². The standard InChI is InChI=1S/C30H25NOS/c1-17(2)24-15-26(31-16-25(24)27-18(3)7-5-8-19(27)4)23-10-6-9-21-22-12-11-20-13-14-33-30(20)29(22)32-28(21)23/h5-17H,1-4H3. The summed E-state index contributed by atoms with van der Waals surface area (Å²) in [5.74, 6) is 0.376. The van der Waals surface area contributed by atoms with E-state index < -0.39 is 0 Å². The second-order valence-corrected chi connectivity index (χ2v) is 10.1. The maximum Gasteiger partial charge on any atom is 0.153 e. The number of nitrogens with zero attached hydrogens (tertiary/aromatic N) is 1. The van der Waals surface area contributed by atoms with Crippen LogP contribution in [-0.2, 0) is 0 Å².